The molecule has 24 heavy (non-hydrogen) atoms. The Bertz CT molecular complexity index is 835. The van der Waals surface area contributed by atoms with Crippen molar-refractivity contribution in [3.8, 4) is 0 Å². The van der Waals surface area contributed by atoms with Gasteiger partial charge in [-0.3, -0.25) is 4.79 Å². The molecule has 124 valence electrons. The summed E-state index contributed by atoms with van der Waals surface area (Å²) in [6.07, 6.45) is 1.84. The number of benzene rings is 1. The van der Waals surface area contributed by atoms with Crippen molar-refractivity contribution < 1.29 is 4.79 Å². The highest BCUT2D eigenvalue weighted by molar-refractivity contribution is 6.28. The number of nitrogens with zero attached hydrogens (tertiary/aromatic N) is 3. The van der Waals surface area contributed by atoms with Crippen LogP contribution in [0.5, 0.6) is 0 Å². The number of fused-ring (bicyclic) bond motifs is 1. The monoisotopic (exact) mass is 344 g/mol. The van der Waals surface area contributed by atoms with Gasteiger partial charge in [-0.05, 0) is 24.1 Å². The third-order valence-electron chi connectivity index (χ3n) is 3.58. The Morgan fingerprint density at radius 3 is 2.88 bits per heavy atom. The molecule has 0 spiro atoms. The topological polar surface area (TPSA) is 95.6 Å². The predicted molar refractivity (Wildman–Crippen MR) is 92.8 cm³/mol. The maximum Gasteiger partial charge on any atom is 0.226 e. The fraction of sp³-hybridized carbons (Fsp3) is 0.250. The average molecular weight is 345 g/mol. The van der Waals surface area contributed by atoms with E-state index >= 15 is 0 Å². The molecule has 0 fully saturated rings. The zero-order chi connectivity index (χ0) is 16.9. The first kappa shape index (κ1) is 16.2. The second-order valence-corrected chi connectivity index (χ2v) is 5.66. The first-order chi connectivity index (χ1) is 11.6. The number of amides is 1. The summed E-state index contributed by atoms with van der Waals surface area (Å²) in [4.78, 5) is 27.2. The zero-order valence-corrected chi connectivity index (χ0v) is 13.8. The fourth-order valence-electron chi connectivity index (χ4n) is 2.37. The van der Waals surface area contributed by atoms with E-state index in [0.29, 0.717) is 29.9 Å². The SMILES string of the molecule is C[C@H](NC(=O)CCNc1nc(Cl)nc2nc[nH]c12)c1ccccc1. The van der Waals surface area contributed by atoms with Gasteiger partial charge in [0.15, 0.2) is 11.5 Å². The van der Waals surface area contributed by atoms with Crippen LogP contribution < -0.4 is 10.6 Å². The van der Waals surface area contributed by atoms with Crippen LogP contribution in [-0.2, 0) is 4.79 Å². The van der Waals surface area contributed by atoms with Crippen molar-refractivity contribution in [2.75, 3.05) is 11.9 Å². The van der Waals surface area contributed by atoms with Gasteiger partial charge in [0.1, 0.15) is 5.52 Å². The number of H-pyrrole nitrogens is 1. The molecule has 3 rings (SSSR count). The summed E-state index contributed by atoms with van der Waals surface area (Å²) in [5, 5.41) is 6.17. The van der Waals surface area contributed by atoms with E-state index in [1.54, 1.807) is 0 Å². The van der Waals surface area contributed by atoms with E-state index in [2.05, 4.69) is 30.6 Å². The molecule has 0 radical (unpaired) electrons. The standard InChI is InChI=1S/C16H17ClN6O/c1-10(11-5-3-2-4-6-11)21-12(24)7-8-18-14-13-15(20-9-19-13)23-16(17)22-14/h2-6,9-10H,7-8H2,1H3,(H,21,24)(H2,18,19,20,22,23)/t10-/m0/s1. The molecule has 8 heteroatoms. The molecule has 0 bridgehead atoms. The molecule has 3 aromatic rings. The van der Waals surface area contributed by atoms with Gasteiger partial charge in [-0.1, -0.05) is 30.3 Å². The van der Waals surface area contributed by atoms with Crippen LogP contribution in [0.15, 0.2) is 36.7 Å². The Hall–Kier alpha value is -2.67. The van der Waals surface area contributed by atoms with Crippen LogP contribution >= 0.6 is 11.6 Å². The van der Waals surface area contributed by atoms with E-state index in [9.17, 15) is 4.79 Å². The van der Waals surface area contributed by atoms with E-state index in [1.165, 1.54) is 6.33 Å². The maximum atomic E-state index is 12.1. The molecule has 0 aliphatic heterocycles. The number of aromatic nitrogens is 4. The van der Waals surface area contributed by atoms with Crippen molar-refractivity contribution in [3.05, 3.63) is 47.5 Å². The van der Waals surface area contributed by atoms with Crippen molar-refractivity contribution in [2.45, 2.75) is 19.4 Å². The van der Waals surface area contributed by atoms with Crippen molar-refractivity contribution in [2.24, 2.45) is 0 Å². The molecule has 3 N–H and O–H groups in total. The smallest absolute Gasteiger partial charge is 0.226 e. The first-order valence-corrected chi connectivity index (χ1v) is 7.96. The number of aromatic amines is 1. The Labute approximate surface area is 143 Å². The molecule has 0 aliphatic carbocycles. The third kappa shape index (κ3) is 3.80. The van der Waals surface area contributed by atoms with E-state index < -0.39 is 0 Å². The number of halogens is 1. The number of carbonyl (C=O) groups is 1. The Morgan fingerprint density at radius 1 is 1.29 bits per heavy atom. The van der Waals surface area contributed by atoms with Crippen LogP contribution in [0, 0.1) is 0 Å². The highest BCUT2D eigenvalue weighted by atomic mass is 35.5. The first-order valence-electron chi connectivity index (χ1n) is 7.58. The second-order valence-electron chi connectivity index (χ2n) is 5.32. The molecule has 0 saturated carbocycles. The summed E-state index contributed by atoms with van der Waals surface area (Å²) in [6, 6.07) is 9.79. The van der Waals surface area contributed by atoms with E-state index in [-0.39, 0.29) is 17.2 Å². The number of nitrogens with one attached hydrogen (secondary N) is 3. The summed E-state index contributed by atoms with van der Waals surface area (Å²) in [7, 11) is 0. The number of imidazole rings is 1. The maximum absolute atomic E-state index is 12.1. The number of hydrogen-bond acceptors (Lipinski definition) is 5. The van der Waals surface area contributed by atoms with Gasteiger partial charge in [0.05, 0.1) is 12.4 Å². The molecule has 1 amide bonds. The molecule has 2 heterocycles. The Balaban J connectivity index is 1.54. The number of rotatable bonds is 6. The van der Waals surface area contributed by atoms with Crippen molar-refractivity contribution >= 4 is 34.5 Å². The van der Waals surface area contributed by atoms with Crippen LogP contribution in [0.4, 0.5) is 5.82 Å². The van der Waals surface area contributed by atoms with Gasteiger partial charge >= 0.3 is 0 Å². The van der Waals surface area contributed by atoms with Crippen LogP contribution in [-0.4, -0.2) is 32.4 Å². The number of carbonyl (C=O) groups excluding carboxylic acids is 1. The van der Waals surface area contributed by atoms with E-state index in [0.717, 1.165) is 5.56 Å². The van der Waals surface area contributed by atoms with Crippen molar-refractivity contribution in [1.29, 1.82) is 0 Å². The lowest BCUT2D eigenvalue weighted by Crippen LogP contribution is -2.28. The van der Waals surface area contributed by atoms with Gasteiger partial charge in [-0.2, -0.15) is 9.97 Å². The van der Waals surface area contributed by atoms with Gasteiger partial charge in [0.25, 0.3) is 0 Å². The number of anilines is 1. The van der Waals surface area contributed by atoms with Crippen LogP contribution in [0.25, 0.3) is 11.2 Å². The summed E-state index contributed by atoms with van der Waals surface area (Å²) >= 11 is 5.86. The minimum absolute atomic E-state index is 0.0356. The molecule has 0 unspecified atom stereocenters. The minimum atomic E-state index is -0.0418. The van der Waals surface area contributed by atoms with Gasteiger partial charge < -0.3 is 15.6 Å². The minimum Gasteiger partial charge on any atom is -0.368 e. The van der Waals surface area contributed by atoms with Crippen LogP contribution in [0.1, 0.15) is 24.9 Å². The summed E-state index contributed by atoms with van der Waals surface area (Å²) < 4.78 is 0. The summed E-state index contributed by atoms with van der Waals surface area (Å²) in [5.74, 6) is 0.492. The third-order valence-corrected chi connectivity index (χ3v) is 3.75. The average Bonchev–Trinajstić information content (AvgIpc) is 3.04. The quantitative estimate of drug-likeness (QED) is 0.597. The van der Waals surface area contributed by atoms with Gasteiger partial charge in [0.2, 0.25) is 11.2 Å². The van der Waals surface area contributed by atoms with E-state index in [4.69, 9.17) is 11.6 Å². The van der Waals surface area contributed by atoms with Gasteiger partial charge in [0, 0.05) is 13.0 Å². The molecule has 0 saturated heterocycles. The molecule has 1 atom stereocenters. The second kappa shape index (κ2) is 7.27. The zero-order valence-electron chi connectivity index (χ0n) is 13.1. The lowest BCUT2D eigenvalue weighted by atomic mass is 10.1. The van der Waals surface area contributed by atoms with Crippen molar-refractivity contribution in [3.63, 3.8) is 0 Å². The largest absolute Gasteiger partial charge is 0.368 e. The molecular weight excluding hydrogens is 328 g/mol. The molecule has 7 nitrogen and oxygen atoms in total. The Morgan fingerprint density at radius 2 is 2.08 bits per heavy atom. The van der Waals surface area contributed by atoms with Crippen LogP contribution in [0.3, 0.4) is 0 Å². The molecule has 0 aliphatic rings. The fourth-order valence-corrected chi connectivity index (χ4v) is 2.53. The summed E-state index contributed by atoms with van der Waals surface area (Å²) in [6.45, 7) is 2.38. The molecule has 2 aromatic heterocycles. The Kier molecular flexibility index (Phi) is 4.90. The molecular formula is C16H17ClN6O. The highest BCUT2D eigenvalue weighted by Crippen LogP contribution is 2.18. The van der Waals surface area contributed by atoms with E-state index in [1.807, 2.05) is 37.3 Å². The highest BCUT2D eigenvalue weighted by Gasteiger charge is 2.11. The van der Waals surface area contributed by atoms with Crippen LogP contribution in [0.2, 0.25) is 5.28 Å². The van der Waals surface area contributed by atoms with Crippen molar-refractivity contribution in [1.82, 2.24) is 25.3 Å². The summed E-state index contributed by atoms with van der Waals surface area (Å²) in [5.41, 5.74) is 2.22. The normalized spacial score (nSPS) is 12.1. The number of hydrogen-bond donors (Lipinski definition) is 3. The van der Waals surface area contributed by atoms with Gasteiger partial charge in [-0.15, -0.1) is 0 Å². The molecule has 1 aromatic carbocycles. The lowest BCUT2D eigenvalue weighted by Gasteiger charge is -2.14. The lowest BCUT2D eigenvalue weighted by molar-refractivity contribution is -0.121. The predicted octanol–water partition coefficient (Wildman–Crippen LogP) is 2.69. The van der Waals surface area contributed by atoms with Gasteiger partial charge in [-0.25, -0.2) is 4.98 Å².